The van der Waals surface area contributed by atoms with E-state index in [0.29, 0.717) is 26.1 Å². The Bertz CT molecular complexity index is 1270. The summed E-state index contributed by atoms with van der Waals surface area (Å²) >= 11 is 4.74. The minimum absolute atomic E-state index is 0.306. The van der Waals surface area contributed by atoms with Gasteiger partial charge in [-0.3, -0.25) is 0 Å². The van der Waals surface area contributed by atoms with Crippen LogP contribution in [0.2, 0.25) is 0 Å². The summed E-state index contributed by atoms with van der Waals surface area (Å²) in [5.41, 5.74) is 1.34. The molecule has 29 heavy (non-hydrogen) atoms. The molecule has 0 spiro atoms. The van der Waals surface area contributed by atoms with Crippen molar-refractivity contribution in [3.8, 4) is 10.6 Å². The molecule has 0 N–H and O–H groups in total. The third kappa shape index (κ3) is 2.48. The van der Waals surface area contributed by atoms with Gasteiger partial charge in [-0.2, -0.15) is 5.10 Å². The second kappa shape index (κ2) is 6.02. The summed E-state index contributed by atoms with van der Waals surface area (Å²) in [7, 11) is 0. The van der Waals surface area contributed by atoms with Crippen LogP contribution in [-0.4, -0.2) is 31.3 Å². The number of hydrogen-bond donors (Lipinski definition) is 0. The van der Waals surface area contributed by atoms with Crippen LogP contribution < -0.4 is 4.90 Å². The predicted molar refractivity (Wildman–Crippen MR) is 108 cm³/mol. The van der Waals surface area contributed by atoms with Gasteiger partial charge in [-0.05, 0) is 59.0 Å². The zero-order chi connectivity index (χ0) is 19.8. The van der Waals surface area contributed by atoms with Crippen molar-refractivity contribution in [1.29, 1.82) is 0 Å². The van der Waals surface area contributed by atoms with Crippen LogP contribution in [0.4, 0.5) is 14.6 Å². The minimum atomic E-state index is -0.524. The van der Waals surface area contributed by atoms with Gasteiger partial charge in [0.2, 0.25) is 0 Å². The monoisotopic (exact) mass is 474 g/mol. The highest BCUT2D eigenvalue weighted by Gasteiger charge is 2.64. The number of nitrogens with zero attached hydrogens (tertiary/aromatic N) is 6. The van der Waals surface area contributed by atoms with Gasteiger partial charge < -0.3 is 4.90 Å². The van der Waals surface area contributed by atoms with Gasteiger partial charge in [-0.1, -0.05) is 11.3 Å². The first-order valence-electron chi connectivity index (χ1n) is 9.13. The van der Waals surface area contributed by atoms with Crippen molar-refractivity contribution in [3.05, 3.63) is 57.8 Å². The maximum Gasteiger partial charge on any atom is 0.183 e. The van der Waals surface area contributed by atoms with Crippen LogP contribution in [0.25, 0.3) is 16.2 Å². The zero-order valence-corrected chi connectivity index (χ0v) is 17.3. The molecule has 1 aromatic carbocycles. The Hall–Kier alpha value is -2.46. The Morgan fingerprint density at radius 2 is 2.10 bits per heavy atom. The molecule has 6 nitrogen and oxygen atoms in total. The van der Waals surface area contributed by atoms with Gasteiger partial charge >= 0.3 is 0 Å². The average Bonchev–Trinajstić information content (AvgIpc) is 3.05. The smallest absolute Gasteiger partial charge is 0.183 e. The quantitative estimate of drug-likeness (QED) is 0.440. The van der Waals surface area contributed by atoms with E-state index in [9.17, 15) is 8.78 Å². The first kappa shape index (κ1) is 17.4. The van der Waals surface area contributed by atoms with Crippen LogP contribution in [0.15, 0.2) is 40.6 Å². The Labute approximate surface area is 176 Å². The van der Waals surface area contributed by atoms with Gasteiger partial charge in [0.25, 0.3) is 0 Å². The molecule has 146 valence electrons. The average molecular weight is 475 g/mol. The minimum Gasteiger partial charge on any atom is -0.346 e. The second-order valence-corrected chi connectivity index (χ2v) is 9.62. The number of benzene rings is 1. The molecule has 2 fully saturated rings. The molecular weight excluding hydrogens is 462 g/mol. The molecule has 2 aliphatic rings. The highest BCUT2D eigenvalue weighted by Crippen LogP contribution is 2.63. The van der Waals surface area contributed by atoms with Gasteiger partial charge in [0.1, 0.15) is 17.5 Å². The molecule has 6 rings (SSSR count). The molecule has 1 aliphatic heterocycles. The fraction of sp³-hybridized carbons (Fsp3) is 0.263. The Morgan fingerprint density at radius 1 is 1.21 bits per heavy atom. The largest absolute Gasteiger partial charge is 0.346 e. The van der Waals surface area contributed by atoms with Crippen molar-refractivity contribution in [2.24, 2.45) is 5.92 Å². The van der Waals surface area contributed by atoms with E-state index in [0.717, 1.165) is 36.8 Å². The molecule has 0 radical (unpaired) electrons. The molecule has 2 atom stereocenters. The molecule has 4 heterocycles. The first-order valence-corrected chi connectivity index (χ1v) is 10.7. The zero-order valence-electron chi connectivity index (χ0n) is 14.9. The number of aromatic nitrogens is 5. The molecular formula is C19H13BrF2N6S. The lowest BCUT2D eigenvalue weighted by molar-refractivity contribution is 0.544. The SMILES string of the molecule is Fc1ccc(F)c([C@@]23C[C@@H]2CCN3c2ccn3ncc(-c4nnc(Br)s4)c3n2)c1. The number of anilines is 1. The lowest BCUT2D eigenvalue weighted by atomic mass is 10.0. The molecule has 10 heteroatoms. The fourth-order valence-corrected chi connectivity index (χ4v) is 5.69. The van der Waals surface area contributed by atoms with E-state index >= 15 is 0 Å². The first-order chi connectivity index (χ1) is 14.1. The maximum atomic E-state index is 14.6. The topological polar surface area (TPSA) is 59.2 Å². The van der Waals surface area contributed by atoms with Crippen molar-refractivity contribution < 1.29 is 8.78 Å². The Kier molecular flexibility index (Phi) is 3.61. The summed E-state index contributed by atoms with van der Waals surface area (Å²) in [4.78, 5) is 6.95. The normalized spacial score (nSPS) is 23.0. The van der Waals surface area contributed by atoms with Gasteiger partial charge in [0, 0.05) is 18.3 Å². The van der Waals surface area contributed by atoms with Gasteiger partial charge in [-0.25, -0.2) is 18.3 Å². The Balaban J connectivity index is 1.47. The lowest BCUT2D eigenvalue weighted by Gasteiger charge is -2.30. The van der Waals surface area contributed by atoms with Crippen molar-refractivity contribution in [2.45, 2.75) is 18.4 Å². The van der Waals surface area contributed by atoms with Crippen LogP contribution in [0.5, 0.6) is 0 Å². The Morgan fingerprint density at radius 3 is 2.90 bits per heavy atom. The standard InChI is InChI=1S/C19H13BrF2N6S/c20-18-26-25-17(29-18)12-9-23-28-6-4-15(24-16(12)28)27-5-3-10-8-19(10,27)13-7-11(21)1-2-14(13)22/h1-2,4,6-7,9-10H,3,5,8H2/t10-,19+/m0/s1. The molecule has 0 unspecified atom stereocenters. The molecule has 1 aliphatic carbocycles. The second-order valence-electron chi connectivity index (χ2n) is 7.36. The van der Waals surface area contributed by atoms with Gasteiger partial charge in [0.15, 0.2) is 14.6 Å². The summed E-state index contributed by atoms with van der Waals surface area (Å²) < 4.78 is 30.9. The summed E-state index contributed by atoms with van der Waals surface area (Å²) in [6.07, 6.45) is 5.28. The van der Waals surface area contributed by atoms with E-state index in [1.165, 1.54) is 23.5 Å². The number of fused-ring (bicyclic) bond motifs is 2. The van der Waals surface area contributed by atoms with Crippen LogP contribution in [-0.2, 0) is 5.54 Å². The molecule has 1 saturated carbocycles. The van der Waals surface area contributed by atoms with Crippen LogP contribution in [0.1, 0.15) is 18.4 Å². The summed E-state index contributed by atoms with van der Waals surface area (Å²) in [5.74, 6) is 0.244. The number of hydrogen-bond acceptors (Lipinski definition) is 6. The van der Waals surface area contributed by atoms with E-state index in [-0.39, 0.29) is 5.82 Å². The fourth-order valence-electron chi connectivity index (χ4n) is 4.57. The molecule has 4 aromatic rings. The summed E-state index contributed by atoms with van der Waals surface area (Å²) in [6, 6.07) is 5.58. The third-order valence-corrected chi connectivity index (χ3v) is 7.30. The van der Waals surface area contributed by atoms with Crippen molar-refractivity contribution in [2.75, 3.05) is 11.4 Å². The van der Waals surface area contributed by atoms with E-state index in [1.54, 1.807) is 10.7 Å². The highest BCUT2D eigenvalue weighted by molar-refractivity contribution is 9.11. The van der Waals surface area contributed by atoms with Crippen LogP contribution in [0, 0.1) is 17.6 Å². The van der Waals surface area contributed by atoms with E-state index in [4.69, 9.17) is 4.98 Å². The summed E-state index contributed by atoms with van der Waals surface area (Å²) in [5, 5.41) is 13.2. The highest BCUT2D eigenvalue weighted by atomic mass is 79.9. The summed E-state index contributed by atoms with van der Waals surface area (Å²) in [6.45, 7) is 0.748. The third-order valence-electron chi connectivity index (χ3n) is 5.91. The van der Waals surface area contributed by atoms with E-state index in [2.05, 4.69) is 36.1 Å². The predicted octanol–water partition coefficient (Wildman–Crippen LogP) is 4.41. The molecule has 3 aromatic heterocycles. The van der Waals surface area contributed by atoms with Crippen LogP contribution >= 0.6 is 27.3 Å². The van der Waals surface area contributed by atoms with Crippen molar-refractivity contribution >= 4 is 38.7 Å². The lowest BCUT2D eigenvalue weighted by Crippen LogP contribution is -2.34. The van der Waals surface area contributed by atoms with Crippen molar-refractivity contribution in [1.82, 2.24) is 24.8 Å². The maximum absolute atomic E-state index is 14.6. The van der Waals surface area contributed by atoms with E-state index < -0.39 is 11.4 Å². The van der Waals surface area contributed by atoms with Crippen LogP contribution in [0.3, 0.4) is 0 Å². The number of rotatable bonds is 3. The molecule has 0 bridgehead atoms. The van der Waals surface area contributed by atoms with Crippen molar-refractivity contribution in [3.63, 3.8) is 0 Å². The molecule has 0 amide bonds. The van der Waals surface area contributed by atoms with Gasteiger partial charge in [-0.15, -0.1) is 10.2 Å². The van der Waals surface area contributed by atoms with E-state index in [1.807, 2.05) is 12.3 Å². The number of halogens is 3. The van der Waals surface area contributed by atoms with Gasteiger partial charge in [0.05, 0.1) is 17.3 Å². The molecule has 1 saturated heterocycles. The number of piperidine rings is 1.